The van der Waals surface area contributed by atoms with Crippen LogP contribution in [0.15, 0.2) is 24.4 Å². The Morgan fingerprint density at radius 3 is 2.96 bits per heavy atom. The molecule has 2 aromatic heterocycles. The number of amides is 3. The number of hydrogen-bond donors (Lipinski definition) is 3. The molecule has 0 saturated heterocycles. The highest BCUT2D eigenvalue weighted by molar-refractivity contribution is 7.16. The van der Waals surface area contributed by atoms with Gasteiger partial charge in [-0.3, -0.25) is 15.4 Å². The van der Waals surface area contributed by atoms with Crippen LogP contribution in [-0.2, 0) is 12.8 Å². The highest BCUT2D eigenvalue weighted by Crippen LogP contribution is 2.37. The fourth-order valence-corrected chi connectivity index (χ4v) is 4.05. The molecule has 0 saturated carbocycles. The molecule has 3 amide bonds. The topological polar surface area (TPSA) is 97.1 Å². The molecule has 0 spiro atoms. The Bertz CT molecular complexity index is 742. The molecule has 0 fully saturated rings. The van der Waals surface area contributed by atoms with Crippen LogP contribution < -0.4 is 16.4 Å². The van der Waals surface area contributed by atoms with E-state index in [4.69, 9.17) is 5.73 Å². The summed E-state index contributed by atoms with van der Waals surface area (Å²) in [4.78, 5) is 29.5. The van der Waals surface area contributed by atoms with E-state index in [9.17, 15) is 9.59 Å². The molecule has 1 unspecified atom stereocenters. The zero-order valence-corrected chi connectivity index (χ0v) is 13.6. The average Bonchev–Trinajstić information content (AvgIpc) is 2.83. The number of rotatable bonds is 2. The Hall–Kier alpha value is -2.41. The number of imide groups is 1. The second-order valence-electron chi connectivity index (χ2n) is 5.71. The van der Waals surface area contributed by atoms with Gasteiger partial charge in [-0.2, -0.15) is 0 Å². The van der Waals surface area contributed by atoms with Gasteiger partial charge in [0.1, 0.15) is 5.82 Å². The third-order valence-corrected chi connectivity index (χ3v) is 4.98. The Balaban J connectivity index is 1.73. The number of carbonyl (C=O) groups excluding carboxylic acids is 2. The maximum Gasteiger partial charge on any atom is 0.327 e. The molecule has 0 aromatic carbocycles. The van der Waals surface area contributed by atoms with E-state index < -0.39 is 11.9 Å². The Labute approximate surface area is 138 Å². The van der Waals surface area contributed by atoms with Gasteiger partial charge < -0.3 is 5.73 Å². The van der Waals surface area contributed by atoms with Crippen molar-refractivity contribution < 1.29 is 9.59 Å². The van der Waals surface area contributed by atoms with Crippen LogP contribution in [0.4, 0.5) is 15.6 Å². The minimum absolute atomic E-state index is 0.381. The van der Waals surface area contributed by atoms with Crippen LogP contribution >= 0.6 is 11.3 Å². The average molecular weight is 330 g/mol. The van der Waals surface area contributed by atoms with Crippen molar-refractivity contribution in [3.8, 4) is 0 Å². The molecule has 6 nitrogen and oxygen atoms in total. The summed E-state index contributed by atoms with van der Waals surface area (Å²) in [7, 11) is 0. The molecule has 2 heterocycles. The minimum atomic E-state index is -0.614. The highest BCUT2D eigenvalue weighted by atomic mass is 32.1. The number of hydrogen-bond acceptors (Lipinski definition) is 5. The summed E-state index contributed by atoms with van der Waals surface area (Å²) in [6, 6.07) is 4.52. The van der Waals surface area contributed by atoms with E-state index in [2.05, 4.69) is 22.5 Å². The fourth-order valence-electron chi connectivity index (χ4n) is 2.77. The largest absolute Gasteiger partial charge is 0.390 e. The van der Waals surface area contributed by atoms with Crippen molar-refractivity contribution in [1.29, 1.82) is 0 Å². The van der Waals surface area contributed by atoms with Crippen LogP contribution in [0.25, 0.3) is 0 Å². The van der Waals surface area contributed by atoms with Crippen LogP contribution in [0.5, 0.6) is 0 Å². The number of nitrogens with one attached hydrogen (secondary N) is 2. The van der Waals surface area contributed by atoms with Crippen molar-refractivity contribution in [2.45, 2.75) is 26.2 Å². The van der Waals surface area contributed by atoms with Crippen molar-refractivity contribution in [2.24, 2.45) is 5.92 Å². The maximum absolute atomic E-state index is 12.4. The molecular formula is C16H18N4O2S. The fraction of sp³-hybridized carbons (Fsp3) is 0.312. The molecule has 0 aliphatic heterocycles. The maximum atomic E-state index is 12.4. The van der Waals surface area contributed by atoms with Gasteiger partial charge in [-0.25, -0.2) is 9.78 Å². The van der Waals surface area contributed by atoms with Gasteiger partial charge in [-0.15, -0.1) is 11.3 Å². The van der Waals surface area contributed by atoms with Gasteiger partial charge >= 0.3 is 6.03 Å². The molecule has 1 atom stereocenters. The Morgan fingerprint density at radius 2 is 2.22 bits per heavy atom. The van der Waals surface area contributed by atoms with Crippen molar-refractivity contribution >= 4 is 34.1 Å². The molecule has 1 aliphatic carbocycles. The number of urea groups is 1. The van der Waals surface area contributed by atoms with Crippen LogP contribution in [-0.4, -0.2) is 16.9 Å². The van der Waals surface area contributed by atoms with E-state index >= 15 is 0 Å². The van der Waals surface area contributed by atoms with Crippen molar-refractivity contribution in [3.63, 3.8) is 0 Å². The summed E-state index contributed by atoms with van der Waals surface area (Å²) >= 11 is 1.45. The van der Waals surface area contributed by atoms with Gasteiger partial charge in [0.15, 0.2) is 0 Å². The first-order valence-corrected chi connectivity index (χ1v) is 8.29. The van der Waals surface area contributed by atoms with E-state index in [0.29, 0.717) is 22.3 Å². The predicted molar refractivity (Wildman–Crippen MR) is 90.6 cm³/mol. The number of pyridine rings is 1. The number of fused-ring (bicyclic) bond motifs is 1. The standard InChI is InChI=1S/C16H18N4O2S/c1-9-5-6-10-11(8-9)23-14(17)13(10)15(21)20-16(22)19-12-4-2-3-7-18-12/h2-4,7,9H,5-6,8,17H2,1H3,(H2,18,19,20,21,22). The summed E-state index contributed by atoms with van der Waals surface area (Å²) in [5, 5.41) is 5.33. The molecule has 3 rings (SSSR count). The SMILES string of the molecule is CC1CCc2c(sc(N)c2C(=O)NC(=O)Nc2ccccn2)C1. The highest BCUT2D eigenvalue weighted by Gasteiger charge is 2.27. The minimum Gasteiger partial charge on any atom is -0.390 e. The van der Waals surface area contributed by atoms with E-state index in [-0.39, 0.29) is 0 Å². The number of anilines is 2. The number of aromatic nitrogens is 1. The molecule has 0 bridgehead atoms. The summed E-state index contributed by atoms with van der Waals surface area (Å²) in [6.07, 6.45) is 4.36. The molecule has 23 heavy (non-hydrogen) atoms. The number of nitrogens with zero attached hydrogens (tertiary/aromatic N) is 1. The van der Waals surface area contributed by atoms with Crippen LogP contribution in [0, 0.1) is 5.92 Å². The predicted octanol–water partition coefficient (Wildman–Crippen LogP) is 2.81. The lowest BCUT2D eigenvalue weighted by Crippen LogP contribution is -2.35. The van der Waals surface area contributed by atoms with Gasteiger partial charge in [-0.05, 0) is 42.9 Å². The quantitative estimate of drug-likeness (QED) is 0.788. The van der Waals surface area contributed by atoms with Crippen LogP contribution in [0.3, 0.4) is 0 Å². The van der Waals surface area contributed by atoms with Gasteiger partial charge in [-0.1, -0.05) is 13.0 Å². The molecule has 7 heteroatoms. The molecule has 1 aliphatic rings. The van der Waals surface area contributed by atoms with Gasteiger partial charge in [0.2, 0.25) is 0 Å². The van der Waals surface area contributed by atoms with E-state index in [1.165, 1.54) is 11.3 Å². The van der Waals surface area contributed by atoms with Crippen molar-refractivity contribution in [2.75, 3.05) is 11.1 Å². The lowest BCUT2D eigenvalue weighted by Gasteiger charge is -2.18. The number of thiophene rings is 1. The monoisotopic (exact) mass is 330 g/mol. The third-order valence-electron chi connectivity index (χ3n) is 3.90. The smallest absolute Gasteiger partial charge is 0.327 e. The normalized spacial score (nSPS) is 16.5. The molecule has 4 N–H and O–H groups in total. The number of nitrogen functional groups attached to an aromatic ring is 1. The molecule has 2 aromatic rings. The first-order chi connectivity index (χ1) is 11.0. The summed E-state index contributed by atoms with van der Waals surface area (Å²) in [5.74, 6) is 0.527. The van der Waals surface area contributed by atoms with Crippen molar-refractivity contribution in [1.82, 2.24) is 10.3 Å². The van der Waals surface area contributed by atoms with Gasteiger partial charge in [0, 0.05) is 11.1 Å². The van der Waals surface area contributed by atoms with E-state index in [1.54, 1.807) is 24.4 Å². The summed E-state index contributed by atoms with van der Waals surface area (Å²) in [5.41, 5.74) is 7.46. The van der Waals surface area contributed by atoms with Crippen LogP contribution in [0.1, 0.15) is 34.1 Å². The molecular weight excluding hydrogens is 312 g/mol. The first kappa shape index (κ1) is 15.5. The zero-order valence-electron chi connectivity index (χ0n) is 12.8. The first-order valence-electron chi connectivity index (χ1n) is 7.48. The van der Waals surface area contributed by atoms with E-state index in [0.717, 1.165) is 29.7 Å². The lowest BCUT2D eigenvalue weighted by atomic mass is 9.88. The van der Waals surface area contributed by atoms with Gasteiger partial charge in [0.05, 0.1) is 10.6 Å². The second kappa shape index (κ2) is 6.37. The van der Waals surface area contributed by atoms with Gasteiger partial charge in [0.25, 0.3) is 5.91 Å². The Morgan fingerprint density at radius 1 is 1.39 bits per heavy atom. The van der Waals surface area contributed by atoms with E-state index in [1.807, 2.05) is 0 Å². The second-order valence-corrected chi connectivity index (χ2v) is 6.85. The third kappa shape index (κ3) is 3.34. The molecule has 0 radical (unpaired) electrons. The zero-order chi connectivity index (χ0) is 16.4. The lowest BCUT2D eigenvalue weighted by molar-refractivity contribution is 0.0967. The van der Waals surface area contributed by atoms with Crippen molar-refractivity contribution in [3.05, 3.63) is 40.4 Å². The molecule has 120 valence electrons. The Kier molecular flexibility index (Phi) is 4.29. The number of nitrogens with two attached hydrogens (primary N) is 1. The summed E-state index contributed by atoms with van der Waals surface area (Å²) < 4.78 is 0. The van der Waals surface area contributed by atoms with Crippen LogP contribution in [0.2, 0.25) is 0 Å². The summed E-state index contributed by atoms with van der Waals surface area (Å²) in [6.45, 7) is 2.19. The number of carbonyl (C=O) groups is 2.